The number of rotatable bonds is 7. The van der Waals surface area contributed by atoms with Gasteiger partial charge in [0.2, 0.25) is 0 Å². The van der Waals surface area contributed by atoms with E-state index < -0.39 is 11.5 Å². The first-order valence-corrected chi connectivity index (χ1v) is 15.2. The third kappa shape index (κ3) is 5.72. The van der Waals surface area contributed by atoms with Gasteiger partial charge in [-0.2, -0.15) is 5.26 Å². The number of hydrogen-bond donors (Lipinski definition) is 1. The molecule has 1 amide bonds. The average Bonchev–Trinajstić information content (AvgIpc) is 3.40. The first kappa shape index (κ1) is 28.5. The second-order valence-electron chi connectivity index (χ2n) is 13.2. The summed E-state index contributed by atoms with van der Waals surface area (Å²) in [7, 11) is 1.60. The van der Waals surface area contributed by atoms with Crippen LogP contribution < -0.4 is 10.2 Å². The molecule has 5 rings (SSSR count). The van der Waals surface area contributed by atoms with Crippen LogP contribution in [0.2, 0.25) is 0 Å². The molecule has 2 heterocycles. The molecule has 3 aliphatic rings. The highest BCUT2D eigenvalue weighted by molar-refractivity contribution is 5.67. The second kappa shape index (κ2) is 11.8. The van der Waals surface area contributed by atoms with Crippen molar-refractivity contribution in [2.75, 3.05) is 44.7 Å². The van der Waals surface area contributed by atoms with E-state index in [1.807, 2.05) is 18.2 Å². The van der Waals surface area contributed by atoms with E-state index in [9.17, 15) is 10.1 Å². The fourth-order valence-electron chi connectivity index (χ4n) is 7.49. The molecular weight excluding hydrogens is 496 g/mol. The highest BCUT2D eigenvalue weighted by Gasteiger charge is 2.53. The van der Waals surface area contributed by atoms with Crippen molar-refractivity contribution in [3.05, 3.63) is 65.7 Å². The first-order chi connectivity index (χ1) is 19.2. The number of ether oxygens (including phenoxy) is 1. The smallest absolute Gasteiger partial charge is 0.407 e. The molecule has 6 nitrogen and oxygen atoms in total. The summed E-state index contributed by atoms with van der Waals surface area (Å²) in [6, 6.07) is 22.3. The van der Waals surface area contributed by atoms with E-state index in [1.54, 1.807) is 7.05 Å². The largest absolute Gasteiger partial charge is 0.446 e. The fourth-order valence-corrected chi connectivity index (χ4v) is 7.49. The van der Waals surface area contributed by atoms with E-state index in [1.165, 1.54) is 11.3 Å². The van der Waals surface area contributed by atoms with Gasteiger partial charge in [-0.25, -0.2) is 4.79 Å². The molecule has 214 valence electrons. The van der Waals surface area contributed by atoms with Gasteiger partial charge in [-0.3, -0.25) is 0 Å². The van der Waals surface area contributed by atoms with Gasteiger partial charge >= 0.3 is 6.09 Å². The molecule has 1 saturated carbocycles. The van der Waals surface area contributed by atoms with Crippen molar-refractivity contribution in [3.63, 3.8) is 0 Å². The maximum Gasteiger partial charge on any atom is 0.407 e. The van der Waals surface area contributed by atoms with Crippen LogP contribution in [-0.4, -0.2) is 56.9 Å². The molecule has 0 spiro atoms. The van der Waals surface area contributed by atoms with Crippen molar-refractivity contribution >= 4 is 11.8 Å². The van der Waals surface area contributed by atoms with Crippen LogP contribution in [0.25, 0.3) is 0 Å². The number of carbonyl (C=O) groups is 1. The number of likely N-dealkylation sites (tertiary alicyclic amines) is 1. The Labute approximate surface area is 240 Å². The van der Waals surface area contributed by atoms with Gasteiger partial charge in [0.1, 0.15) is 6.10 Å². The Kier molecular flexibility index (Phi) is 8.42. The average molecular weight is 543 g/mol. The Balaban J connectivity index is 1.22. The molecule has 1 aliphatic carbocycles. The summed E-state index contributed by atoms with van der Waals surface area (Å²) in [5.74, 6) is 0.946. The minimum Gasteiger partial charge on any atom is -0.446 e. The minimum atomic E-state index is -0.644. The number of nitriles is 1. The van der Waals surface area contributed by atoms with E-state index in [4.69, 9.17) is 4.74 Å². The van der Waals surface area contributed by atoms with Crippen molar-refractivity contribution in [1.82, 2.24) is 10.2 Å². The van der Waals surface area contributed by atoms with Crippen molar-refractivity contribution in [3.8, 4) is 6.07 Å². The Hall–Kier alpha value is -3.04. The summed E-state index contributed by atoms with van der Waals surface area (Å²) in [6.07, 6.45) is 4.09. The number of nitrogens with one attached hydrogen (secondary N) is 1. The Bertz CT molecular complexity index is 1170. The molecule has 2 aliphatic heterocycles. The normalized spacial score (nSPS) is 24.1. The van der Waals surface area contributed by atoms with Gasteiger partial charge in [-0.05, 0) is 79.8 Å². The Morgan fingerprint density at radius 3 is 2.25 bits per heavy atom. The molecule has 0 aromatic heterocycles. The summed E-state index contributed by atoms with van der Waals surface area (Å²) >= 11 is 0. The summed E-state index contributed by atoms with van der Waals surface area (Å²) in [5.41, 5.74) is 3.33. The number of alkyl carbamates (subject to hydrolysis) is 1. The van der Waals surface area contributed by atoms with Crippen LogP contribution >= 0.6 is 0 Å². The molecule has 0 radical (unpaired) electrons. The number of piperidine rings is 1. The zero-order valence-corrected chi connectivity index (χ0v) is 24.7. The second-order valence-corrected chi connectivity index (χ2v) is 13.2. The van der Waals surface area contributed by atoms with Gasteiger partial charge in [0.25, 0.3) is 0 Å². The zero-order valence-electron chi connectivity index (χ0n) is 24.7. The predicted molar refractivity (Wildman–Crippen MR) is 160 cm³/mol. The van der Waals surface area contributed by atoms with Crippen LogP contribution in [0.1, 0.15) is 64.0 Å². The van der Waals surface area contributed by atoms with E-state index in [0.717, 1.165) is 70.4 Å². The fraction of sp³-hybridized carbons (Fsp3) is 0.588. The van der Waals surface area contributed by atoms with Gasteiger partial charge in [0, 0.05) is 44.2 Å². The summed E-state index contributed by atoms with van der Waals surface area (Å²) < 4.78 is 5.84. The molecule has 40 heavy (non-hydrogen) atoms. The first-order valence-electron chi connectivity index (χ1n) is 15.2. The van der Waals surface area contributed by atoms with Gasteiger partial charge < -0.3 is 19.9 Å². The Morgan fingerprint density at radius 2 is 1.65 bits per heavy atom. The van der Waals surface area contributed by atoms with Crippen molar-refractivity contribution < 1.29 is 9.53 Å². The summed E-state index contributed by atoms with van der Waals surface area (Å²) in [5, 5.41) is 13.5. The lowest BCUT2D eigenvalue weighted by Gasteiger charge is -2.48. The molecular formula is C34H46N4O2. The molecule has 2 saturated heterocycles. The number of amides is 1. The van der Waals surface area contributed by atoms with E-state index in [-0.39, 0.29) is 23.4 Å². The van der Waals surface area contributed by atoms with Crippen LogP contribution in [0.4, 0.5) is 10.5 Å². The minimum absolute atomic E-state index is 0.0126. The van der Waals surface area contributed by atoms with E-state index >= 15 is 0 Å². The van der Waals surface area contributed by atoms with Gasteiger partial charge in [0.15, 0.2) is 0 Å². The van der Waals surface area contributed by atoms with Gasteiger partial charge in [-0.15, -0.1) is 0 Å². The van der Waals surface area contributed by atoms with Crippen molar-refractivity contribution in [2.24, 2.45) is 17.8 Å². The lowest BCUT2D eigenvalue weighted by atomic mass is 9.59. The molecule has 3 fully saturated rings. The Morgan fingerprint density at radius 1 is 0.975 bits per heavy atom. The lowest BCUT2D eigenvalue weighted by Crippen LogP contribution is -2.54. The lowest BCUT2D eigenvalue weighted by molar-refractivity contribution is 0.0307. The van der Waals surface area contributed by atoms with E-state index in [0.29, 0.717) is 5.92 Å². The maximum absolute atomic E-state index is 12.2. The van der Waals surface area contributed by atoms with Crippen LogP contribution in [0.3, 0.4) is 0 Å². The molecule has 2 aromatic carbocycles. The number of anilines is 1. The zero-order chi connectivity index (χ0) is 28.3. The van der Waals surface area contributed by atoms with Crippen LogP contribution in [0, 0.1) is 29.1 Å². The van der Waals surface area contributed by atoms with Crippen molar-refractivity contribution in [1.29, 1.82) is 5.26 Å². The van der Waals surface area contributed by atoms with Crippen LogP contribution in [-0.2, 0) is 15.6 Å². The standard InChI is InChI=1S/C34H46N4O2/c1-33(2,3)26-13-15-29(16-14-26)38-22-25(23-38)21-37-19-17-28(18-20-37)34(24-35,27-9-6-5-7-10-27)30-11-8-12-31(30)40-32(39)36-4/h5-7,9-10,13-16,25,28,30-31H,8,11-12,17-23H2,1-4H3,(H,36,39)/t30-,31-,34?/m1/s1. The van der Waals surface area contributed by atoms with Gasteiger partial charge in [0.05, 0.1) is 11.5 Å². The highest BCUT2D eigenvalue weighted by Crippen LogP contribution is 2.51. The molecule has 0 bridgehead atoms. The predicted octanol–water partition coefficient (Wildman–Crippen LogP) is 6.12. The summed E-state index contributed by atoms with van der Waals surface area (Å²) in [4.78, 5) is 17.3. The summed E-state index contributed by atoms with van der Waals surface area (Å²) in [6.45, 7) is 12.2. The number of nitrogens with zero attached hydrogens (tertiary/aromatic N) is 3. The maximum atomic E-state index is 12.2. The van der Waals surface area contributed by atoms with Gasteiger partial charge in [-0.1, -0.05) is 63.2 Å². The molecule has 1 N–H and O–H groups in total. The molecule has 1 unspecified atom stereocenters. The van der Waals surface area contributed by atoms with Crippen molar-refractivity contribution in [2.45, 2.75) is 69.8 Å². The molecule has 2 aromatic rings. The topological polar surface area (TPSA) is 68.6 Å². The quantitative estimate of drug-likeness (QED) is 0.457. The third-order valence-electron chi connectivity index (χ3n) is 9.74. The number of hydrogen-bond acceptors (Lipinski definition) is 5. The van der Waals surface area contributed by atoms with E-state index in [2.05, 4.69) is 78.4 Å². The van der Waals surface area contributed by atoms with Crippen LogP contribution in [0.15, 0.2) is 54.6 Å². The monoisotopic (exact) mass is 542 g/mol. The number of benzene rings is 2. The highest BCUT2D eigenvalue weighted by atomic mass is 16.6. The SMILES string of the molecule is CNC(=O)O[C@@H]1CCC[C@H]1C(C#N)(c1ccccc1)C1CCN(CC2CN(c3ccc(C(C)(C)C)cc3)C2)CC1. The van der Waals surface area contributed by atoms with Crippen LogP contribution in [0.5, 0.6) is 0 Å². The number of carbonyl (C=O) groups excluding carboxylic acids is 1. The third-order valence-corrected chi connectivity index (χ3v) is 9.74. The molecule has 6 heteroatoms. The molecule has 3 atom stereocenters.